The number of hydrogen-bond donors (Lipinski definition) is 3. The summed E-state index contributed by atoms with van der Waals surface area (Å²) in [7, 11) is 1.49. The number of anilines is 2. The first-order valence-electron chi connectivity index (χ1n) is 11.8. The summed E-state index contributed by atoms with van der Waals surface area (Å²) in [5.41, 5.74) is 4.40. The van der Waals surface area contributed by atoms with E-state index in [4.69, 9.17) is 16.3 Å². The number of ether oxygens (including phenoxy) is 1. The lowest BCUT2D eigenvalue weighted by molar-refractivity contribution is -0.131. The summed E-state index contributed by atoms with van der Waals surface area (Å²) in [5.74, 6) is 1.75. The Morgan fingerprint density at radius 1 is 1.00 bits per heavy atom. The molecule has 0 saturated heterocycles. The molecule has 0 aliphatic carbocycles. The highest BCUT2D eigenvalue weighted by atomic mass is 16.5. The quantitative estimate of drug-likeness (QED) is 0.264. The molecule has 0 radical (unpaired) electrons. The van der Waals surface area contributed by atoms with Crippen LogP contribution in [0.5, 0.6) is 5.75 Å². The van der Waals surface area contributed by atoms with E-state index in [2.05, 4.69) is 16.6 Å². The number of rotatable bonds is 10. The van der Waals surface area contributed by atoms with Crippen molar-refractivity contribution in [1.29, 1.82) is 0 Å². The number of nitrogens with zero attached hydrogens (tertiary/aromatic N) is 1. The molecule has 38 heavy (non-hydrogen) atoms. The molecule has 3 rings (SSSR count). The zero-order valence-corrected chi connectivity index (χ0v) is 21.2. The SMILES string of the molecule is C#CCN(Cc1ccc(C=CC(=O)O)cc1)C(=O)Cc1ccc(NC(=O)Nc2ccccc2C)c(OC)c1. The number of amides is 3. The topological polar surface area (TPSA) is 108 Å². The third kappa shape index (κ3) is 8.00. The van der Waals surface area contributed by atoms with Crippen molar-refractivity contribution in [1.82, 2.24) is 4.90 Å². The van der Waals surface area contributed by atoms with Crippen LogP contribution in [0.15, 0.2) is 72.8 Å². The number of terminal acetylenes is 1. The second-order valence-electron chi connectivity index (χ2n) is 8.47. The van der Waals surface area contributed by atoms with Crippen LogP contribution in [0.3, 0.4) is 0 Å². The number of aryl methyl sites for hydroxylation is 1. The molecular formula is C30H29N3O5. The van der Waals surface area contributed by atoms with Crippen molar-refractivity contribution >= 4 is 35.4 Å². The van der Waals surface area contributed by atoms with E-state index in [9.17, 15) is 14.4 Å². The van der Waals surface area contributed by atoms with Crippen LogP contribution in [0.2, 0.25) is 0 Å². The van der Waals surface area contributed by atoms with Crippen LogP contribution in [-0.2, 0) is 22.6 Å². The van der Waals surface area contributed by atoms with E-state index in [1.165, 1.54) is 13.2 Å². The molecule has 8 nitrogen and oxygen atoms in total. The van der Waals surface area contributed by atoms with Crippen LogP contribution in [0.25, 0.3) is 6.08 Å². The number of benzene rings is 3. The predicted molar refractivity (Wildman–Crippen MR) is 148 cm³/mol. The van der Waals surface area contributed by atoms with Crippen LogP contribution >= 0.6 is 0 Å². The third-order valence-electron chi connectivity index (χ3n) is 5.67. The first-order chi connectivity index (χ1) is 18.3. The number of carboxylic acid groups (broad SMARTS) is 1. The highest BCUT2D eigenvalue weighted by Crippen LogP contribution is 2.27. The Kier molecular flexibility index (Phi) is 9.66. The smallest absolute Gasteiger partial charge is 0.328 e. The molecule has 0 heterocycles. The Labute approximate surface area is 221 Å². The monoisotopic (exact) mass is 511 g/mol. The summed E-state index contributed by atoms with van der Waals surface area (Å²) in [6.45, 7) is 2.34. The first-order valence-corrected chi connectivity index (χ1v) is 11.8. The van der Waals surface area contributed by atoms with Crippen LogP contribution in [0.4, 0.5) is 16.2 Å². The number of para-hydroxylation sites is 1. The lowest BCUT2D eigenvalue weighted by Gasteiger charge is -2.21. The Morgan fingerprint density at radius 2 is 1.68 bits per heavy atom. The van der Waals surface area contributed by atoms with Gasteiger partial charge in [0.15, 0.2) is 0 Å². The molecule has 0 bridgehead atoms. The Balaban J connectivity index is 1.66. The number of urea groups is 1. The molecule has 3 N–H and O–H groups in total. The highest BCUT2D eigenvalue weighted by molar-refractivity contribution is 6.01. The molecule has 0 aliphatic rings. The van der Waals surface area contributed by atoms with Gasteiger partial charge in [0.2, 0.25) is 5.91 Å². The van der Waals surface area contributed by atoms with E-state index in [1.807, 2.05) is 43.3 Å². The van der Waals surface area contributed by atoms with Gasteiger partial charge in [-0.1, -0.05) is 54.5 Å². The molecule has 8 heteroatoms. The largest absolute Gasteiger partial charge is 0.495 e. The fourth-order valence-corrected chi connectivity index (χ4v) is 3.69. The maximum absolute atomic E-state index is 13.1. The first kappa shape index (κ1) is 27.6. The maximum atomic E-state index is 13.1. The summed E-state index contributed by atoms with van der Waals surface area (Å²) >= 11 is 0. The summed E-state index contributed by atoms with van der Waals surface area (Å²) < 4.78 is 5.45. The van der Waals surface area contributed by atoms with Crippen LogP contribution in [-0.4, -0.2) is 41.6 Å². The molecule has 0 fully saturated rings. The Morgan fingerprint density at radius 3 is 2.34 bits per heavy atom. The van der Waals surface area contributed by atoms with E-state index in [0.29, 0.717) is 29.2 Å². The average molecular weight is 512 g/mol. The van der Waals surface area contributed by atoms with E-state index in [1.54, 1.807) is 35.2 Å². The van der Waals surface area contributed by atoms with Gasteiger partial charge in [0.1, 0.15) is 5.75 Å². The minimum Gasteiger partial charge on any atom is -0.495 e. The van der Waals surface area contributed by atoms with Gasteiger partial charge in [-0.25, -0.2) is 9.59 Å². The molecule has 3 amide bonds. The Bertz CT molecular complexity index is 1370. The fourth-order valence-electron chi connectivity index (χ4n) is 3.69. The van der Waals surface area contributed by atoms with Gasteiger partial charge < -0.3 is 25.4 Å². The lowest BCUT2D eigenvalue weighted by Crippen LogP contribution is -2.32. The molecule has 3 aromatic carbocycles. The number of hydrogen-bond acceptors (Lipinski definition) is 4. The molecule has 194 valence electrons. The lowest BCUT2D eigenvalue weighted by atomic mass is 10.1. The van der Waals surface area contributed by atoms with Crippen molar-refractivity contribution in [3.05, 3.63) is 95.1 Å². The van der Waals surface area contributed by atoms with Gasteiger partial charge in [0.25, 0.3) is 0 Å². The highest BCUT2D eigenvalue weighted by Gasteiger charge is 2.16. The summed E-state index contributed by atoms with van der Waals surface area (Å²) in [6.07, 6.45) is 8.16. The minimum atomic E-state index is -1.02. The molecule has 0 aromatic heterocycles. The van der Waals surface area contributed by atoms with Crippen LogP contribution in [0.1, 0.15) is 22.3 Å². The molecule has 0 aliphatic heterocycles. The second-order valence-corrected chi connectivity index (χ2v) is 8.47. The number of methoxy groups -OCH3 is 1. The van der Waals surface area contributed by atoms with E-state index in [0.717, 1.165) is 22.8 Å². The van der Waals surface area contributed by atoms with Crippen molar-refractivity contribution in [3.8, 4) is 18.1 Å². The molecule has 0 spiro atoms. The number of carbonyl (C=O) groups is 3. The van der Waals surface area contributed by atoms with E-state index >= 15 is 0 Å². The van der Waals surface area contributed by atoms with Gasteiger partial charge in [-0.3, -0.25) is 4.79 Å². The number of nitrogens with one attached hydrogen (secondary N) is 2. The second kappa shape index (κ2) is 13.3. The van der Waals surface area contributed by atoms with Crippen molar-refractivity contribution in [3.63, 3.8) is 0 Å². The minimum absolute atomic E-state index is 0.0904. The van der Waals surface area contributed by atoms with Crippen molar-refractivity contribution < 1.29 is 24.2 Å². The molecule has 0 atom stereocenters. The van der Waals surface area contributed by atoms with Crippen molar-refractivity contribution in [2.45, 2.75) is 19.9 Å². The van der Waals surface area contributed by atoms with Crippen molar-refractivity contribution in [2.24, 2.45) is 0 Å². The molecule has 3 aromatic rings. The van der Waals surface area contributed by atoms with Gasteiger partial charge in [0.05, 0.1) is 25.8 Å². The van der Waals surface area contributed by atoms with E-state index in [-0.39, 0.29) is 18.9 Å². The summed E-state index contributed by atoms with van der Waals surface area (Å²) in [5, 5.41) is 14.3. The van der Waals surface area contributed by atoms with Crippen LogP contribution < -0.4 is 15.4 Å². The Hall–Kier alpha value is -5.03. The maximum Gasteiger partial charge on any atom is 0.328 e. The molecule has 0 unspecified atom stereocenters. The summed E-state index contributed by atoms with van der Waals surface area (Å²) in [6, 6.07) is 19.4. The zero-order valence-electron chi connectivity index (χ0n) is 21.2. The van der Waals surface area contributed by atoms with Gasteiger partial charge in [-0.15, -0.1) is 6.42 Å². The van der Waals surface area contributed by atoms with Gasteiger partial charge in [-0.05, 0) is 53.5 Å². The third-order valence-corrected chi connectivity index (χ3v) is 5.67. The zero-order chi connectivity index (χ0) is 27.5. The fraction of sp³-hybridized carbons (Fsp3) is 0.167. The number of carbonyl (C=O) groups excluding carboxylic acids is 2. The number of carboxylic acids is 1. The predicted octanol–water partition coefficient (Wildman–Crippen LogP) is 4.95. The van der Waals surface area contributed by atoms with Crippen molar-refractivity contribution in [2.75, 3.05) is 24.3 Å². The molecule has 0 saturated carbocycles. The van der Waals surface area contributed by atoms with Crippen LogP contribution in [0, 0.1) is 19.3 Å². The molecular weight excluding hydrogens is 482 g/mol. The van der Waals surface area contributed by atoms with E-state index < -0.39 is 12.0 Å². The van der Waals surface area contributed by atoms with Gasteiger partial charge in [0, 0.05) is 18.3 Å². The number of aliphatic carboxylic acids is 1. The normalized spacial score (nSPS) is 10.4. The van der Waals surface area contributed by atoms with Gasteiger partial charge >= 0.3 is 12.0 Å². The standard InChI is InChI=1S/C30H29N3O5/c1-4-17-33(20-23-11-9-22(10-12-23)14-16-29(35)36)28(34)19-24-13-15-26(27(18-24)38-3)32-30(37)31-25-8-6-5-7-21(25)2/h1,5-16,18H,17,19-20H2,2-3H3,(H,35,36)(H2,31,32,37). The summed E-state index contributed by atoms with van der Waals surface area (Å²) in [4.78, 5) is 37.8. The average Bonchev–Trinajstić information content (AvgIpc) is 2.90. The van der Waals surface area contributed by atoms with Gasteiger partial charge in [-0.2, -0.15) is 0 Å².